The average Bonchev–Trinajstić information content (AvgIpc) is 4.07. The largest absolute Gasteiger partial charge is 0.231 e. The molecule has 0 amide bonds. The van der Waals surface area contributed by atoms with Gasteiger partial charge in [0.15, 0.2) is 5.82 Å². The fraction of sp³-hybridized carbons (Fsp3) is 0.0156. The van der Waals surface area contributed by atoms with Crippen LogP contribution in [-0.4, -0.2) is 19.6 Å². The Morgan fingerprint density at radius 3 is 1.46 bits per heavy atom. The molecule has 0 atom stereocenters. The van der Waals surface area contributed by atoms with E-state index in [4.69, 9.17) is 15.1 Å². The number of hydrogen-bond acceptors (Lipinski definition) is 3. The standard InChI is InChI=1S/C64H40N4/c1-4-18-42(19-5-1)59-39-46-24-10-11-25-48(46)62-60(43-20-6-2-7-21-43)61(67-68(59)62)44-34-32-41(33-35-44)57-40-58(66-63(65-57)45-22-8-3-9-23-45)47-36-37-52-51-28-14-17-31-55(51)64(56(52)38-47)53-29-15-12-26-49(53)50-27-13-16-30-54(50)64/h1-40H. The summed E-state index contributed by atoms with van der Waals surface area (Å²) in [5.41, 5.74) is 22.1. The van der Waals surface area contributed by atoms with Gasteiger partial charge in [-0.1, -0.05) is 224 Å². The van der Waals surface area contributed by atoms with Gasteiger partial charge in [0.2, 0.25) is 0 Å². The smallest absolute Gasteiger partial charge is 0.160 e. The summed E-state index contributed by atoms with van der Waals surface area (Å²) >= 11 is 0. The number of fused-ring (bicyclic) bond motifs is 13. The molecular formula is C64H40N4. The van der Waals surface area contributed by atoms with Crippen molar-refractivity contribution < 1.29 is 0 Å². The summed E-state index contributed by atoms with van der Waals surface area (Å²) in [5, 5.41) is 7.82. The van der Waals surface area contributed by atoms with Gasteiger partial charge in [-0.3, -0.25) is 0 Å². The third kappa shape index (κ3) is 5.64. The molecule has 3 heterocycles. The van der Waals surface area contributed by atoms with E-state index < -0.39 is 5.41 Å². The van der Waals surface area contributed by atoms with Crippen molar-refractivity contribution in [1.29, 1.82) is 0 Å². The third-order valence-electron chi connectivity index (χ3n) is 14.3. The first-order chi connectivity index (χ1) is 33.7. The van der Waals surface area contributed by atoms with Crippen LogP contribution in [-0.2, 0) is 5.41 Å². The summed E-state index contributed by atoms with van der Waals surface area (Å²) in [7, 11) is 0. The minimum atomic E-state index is -0.451. The zero-order valence-corrected chi connectivity index (χ0v) is 36.9. The zero-order chi connectivity index (χ0) is 44.8. The summed E-state index contributed by atoms with van der Waals surface area (Å²) in [6.45, 7) is 0. The molecule has 316 valence electrons. The number of nitrogens with zero attached hydrogens (tertiary/aromatic N) is 4. The van der Waals surface area contributed by atoms with Crippen molar-refractivity contribution in [2.75, 3.05) is 0 Å². The summed E-state index contributed by atoms with van der Waals surface area (Å²) in [6, 6.07) is 87.2. The molecular weight excluding hydrogens is 825 g/mol. The maximum Gasteiger partial charge on any atom is 0.160 e. The first-order valence-electron chi connectivity index (χ1n) is 23.3. The van der Waals surface area contributed by atoms with Crippen molar-refractivity contribution in [2.45, 2.75) is 5.41 Å². The Balaban J connectivity index is 0.941. The van der Waals surface area contributed by atoms with E-state index in [0.717, 1.165) is 72.6 Å². The van der Waals surface area contributed by atoms with Crippen LogP contribution in [0.4, 0.5) is 0 Å². The molecule has 3 aromatic heterocycles. The van der Waals surface area contributed by atoms with Crippen LogP contribution in [0.3, 0.4) is 0 Å². The second-order valence-electron chi connectivity index (χ2n) is 17.9. The van der Waals surface area contributed by atoms with Crippen LogP contribution < -0.4 is 0 Å². The highest BCUT2D eigenvalue weighted by molar-refractivity contribution is 6.08. The second kappa shape index (κ2) is 15.0. The van der Waals surface area contributed by atoms with Crippen molar-refractivity contribution in [3.8, 4) is 89.8 Å². The van der Waals surface area contributed by atoms with Crippen LogP contribution in [0, 0.1) is 0 Å². The quantitative estimate of drug-likeness (QED) is 0.167. The Labute approximate surface area is 394 Å². The molecule has 0 saturated heterocycles. The van der Waals surface area contributed by atoms with Gasteiger partial charge in [0.1, 0.15) is 5.69 Å². The van der Waals surface area contributed by atoms with E-state index in [1.807, 2.05) is 6.07 Å². The molecule has 0 aliphatic heterocycles. The van der Waals surface area contributed by atoms with Crippen molar-refractivity contribution in [3.05, 3.63) is 265 Å². The Morgan fingerprint density at radius 1 is 0.338 bits per heavy atom. The first kappa shape index (κ1) is 38.3. The van der Waals surface area contributed by atoms with Crippen molar-refractivity contribution in [2.24, 2.45) is 0 Å². The van der Waals surface area contributed by atoms with Crippen LogP contribution in [0.2, 0.25) is 0 Å². The lowest BCUT2D eigenvalue weighted by atomic mass is 9.70. The lowest BCUT2D eigenvalue weighted by Crippen LogP contribution is -2.25. The van der Waals surface area contributed by atoms with Gasteiger partial charge in [-0.25, -0.2) is 14.5 Å². The van der Waals surface area contributed by atoms with E-state index in [9.17, 15) is 0 Å². The fourth-order valence-electron chi connectivity index (χ4n) is 11.3. The maximum absolute atomic E-state index is 5.49. The van der Waals surface area contributed by atoms with Gasteiger partial charge < -0.3 is 0 Å². The minimum absolute atomic E-state index is 0.451. The predicted octanol–water partition coefficient (Wildman–Crippen LogP) is 15.6. The predicted molar refractivity (Wildman–Crippen MR) is 277 cm³/mol. The fourth-order valence-corrected chi connectivity index (χ4v) is 11.3. The minimum Gasteiger partial charge on any atom is -0.231 e. The summed E-state index contributed by atoms with van der Waals surface area (Å²) in [6.07, 6.45) is 0. The van der Waals surface area contributed by atoms with Crippen LogP contribution >= 0.6 is 0 Å². The highest BCUT2D eigenvalue weighted by atomic mass is 15.2. The first-order valence-corrected chi connectivity index (χ1v) is 23.3. The van der Waals surface area contributed by atoms with Gasteiger partial charge >= 0.3 is 0 Å². The summed E-state index contributed by atoms with van der Waals surface area (Å²) in [5.74, 6) is 0.685. The van der Waals surface area contributed by atoms with E-state index in [1.54, 1.807) is 0 Å². The highest BCUT2D eigenvalue weighted by Gasteiger charge is 2.51. The van der Waals surface area contributed by atoms with Gasteiger partial charge in [0.05, 0.1) is 28.0 Å². The van der Waals surface area contributed by atoms with Gasteiger partial charge in [-0.05, 0) is 73.7 Å². The molecule has 0 radical (unpaired) electrons. The van der Waals surface area contributed by atoms with Gasteiger partial charge in [-0.15, -0.1) is 0 Å². The molecule has 0 N–H and O–H groups in total. The van der Waals surface area contributed by atoms with Gasteiger partial charge in [-0.2, -0.15) is 5.10 Å². The van der Waals surface area contributed by atoms with E-state index in [-0.39, 0.29) is 0 Å². The van der Waals surface area contributed by atoms with Crippen LogP contribution in [0.15, 0.2) is 243 Å². The van der Waals surface area contributed by atoms with Crippen LogP contribution in [0.5, 0.6) is 0 Å². The SMILES string of the molecule is c1ccc(-c2nc(-c3ccc(-c4nn5c(-c6ccccc6)cc6ccccc6c5c4-c4ccccc4)cc3)cc(-c3ccc4c(c3)C3(c5ccccc5-c5ccccc53)c3ccccc3-4)n2)cc1. The molecule has 68 heavy (non-hydrogen) atoms. The molecule has 0 unspecified atom stereocenters. The molecule has 0 fully saturated rings. The Kier molecular flexibility index (Phi) is 8.46. The monoisotopic (exact) mass is 864 g/mol. The lowest BCUT2D eigenvalue weighted by molar-refractivity contribution is 0.794. The Bertz CT molecular complexity index is 3880. The van der Waals surface area contributed by atoms with Gasteiger partial charge in [0.25, 0.3) is 0 Å². The van der Waals surface area contributed by atoms with E-state index >= 15 is 0 Å². The van der Waals surface area contributed by atoms with Crippen molar-refractivity contribution in [3.63, 3.8) is 0 Å². The van der Waals surface area contributed by atoms with E-state index in [0.29, 0.717) is 5.82 Å². The summed E-state index contributed by atoms with van der Waals surface area (Å²) < 4.78 is 2.15. The number of aromatic nitrogens is 4. The molecule has 1 spiro atoms. The number of benzene rings is 9. The molecule has 4 nitrogen and oxygen atoms in total. The molecule has 2 aliphatic carbocycles. The molecule has 9 aromatic carbocycles. The van der Waals surface area contributed by atoms with Crippen molar-refractivity contribution >= 4 is 16.3 Å². The molecule has 0 saturated carbocycles. The molecule has 4 heteroatoms. The molecule has 2 aliphatic rings. The maximum atomic E-state index is 5.49. The third-order valence-corrected chi connectivity index (χ3v) is 14.3. The second-order valence-corrected chi connectivity index (χ2v) is 17.9. The van der Waals surface area contributed by atoms with E-state index in [1.165, 1.54) is 49.9 Å². The molecule has 14 rings (SSSR count). The highest BCUT2D eigenvalue weighted by Crippen LogP contribution is 2.63. The summed E-state index contributed by atoms with van der Waals surface area (Å²) in [4.78, 5) is 10.6. The van der Waals surface area contributed by atoms with Crippen LogP contribution in [0.25, 0.3) is 106 Å². The number of pyridine rings is 1. The van der Waals surface area contributed by atoms with Crippen molar-refractivity contribution in [1.82, 2.24) is 19.6 Å². The number of hydrogen-bond donors (Lipinski definition) is 0. The lowest BCUT2D eigenvalue weighted by Gasteiger charge is -2.30. The van der Waals surface area contributed by atoms with Crippen LogP contribution in [0.1, 0.15) is 22.3 Å². The topological polar surface area (TPSA) is 43.1 Å². The van der Waals surface area contributed by atoms with E-state index in [2.05, 4.69) is 241 Å². The Hall–Kier alpha value is -8.99. The zero-order valence-electron chi connectivity index (χ0n) is 36.9. The number of rotatable bonds is 6. The molecule has 0 bridgehead atoms. The molecule has 12 aromatic rings. The van der Waals surface area contributed by atoms with Gasteiger partial charge in [0, 0.05) is 38.8 Å². The average molecular weight is 865 g/mol. The normalized spacial score (nSPS) is 12.8. The Morgan fingerprint density at radius 2 is 0.824 bits per heavy atom.